The lowest BCUT2D eigenvalue weighted by atomic mass is 10.2. The highest BCUT2D eigenvalue weighted by molar-refractivity contribution is 5.92. The maximum Gasteiger partial charge on any atom is 0.322 e. The molecule has 0 aliphatic carbocycles. The molecule has 1 aliphatic rings. The zero-order chi connectivity index (χ0) is 20.3. The number of hydrogen-bond acceptors (Lipinski definition) is 6. The average Bonchev–Trinajstić information content (AvgIpc) is 3.28. The van der Waals surface area contributed by atoms with E-state index >= 15 is 0 Å². The molecule has 2 unspecified atom stereocenters. The van der Waals surface area contributed by atoms with Crippen molar-refractivity contribution in [1.82, 2.24) is 19.9 Å². The number of halogens is 1. The first-order valence-electron chi connectivity index (χ1n) is 8.55. The topological polar surface area (TPSA) is 125 Å². The second kappa shape index (κ2) is 8.11. The number of nitrogens with zero attached hydrogens (tertiary/aromatic N) is 4. The molecule has 150 valence electrons. The van der Waals surface area contributed by atoms with Gasteiger partial charge in [0, 0.05) is 12.5 Å². The van der Waals surface area contributed by atoms with Crippen molar-refractivity contribution in [1.29, 1.82) is 0 Å². The zero-order valence-corrected chi connectivity index (χ0v) is 15.5. The maximum atomic E-state index is 14.0. The minimum atomic E-state index is -1.16. The normalized spacial score (nSPS) is 18.8. The van der Waals surface area contributed by atoms with Crippen LogP contribution in [0.2, 0.25) is 0 Å². The fraction of sp³-hybridized carbons (Fsp3) is 0.412. The molecule has 3 N–H and O–H groups in total. The maximum absolute atomic E-state index is 14.0. The minimum absolute atomic E-state index is 0.00640. The van der Waals surface area contributed by atoms with Crippen molar-refractivity contribution in [2.24, 2.45) is 5.73 Å². The molecule has 1 aromatic carbocycles. The van der Waals surface area contributed by atoms with Crippen LogP contribution in [-0.4, -0.2) is 64.8 Å². The number of alkyl halides is 1. The summed E-state index contributed by atoms with van der Waals surface area (Å²) in [5, 5.41) is 10.2. The molecule has 1 aliphatic heterocycles. The number of primary amides is 1. The van der Waals surface area contributed by atoms with E-state index < -0.39 is 24.2 Å². The van der Waals surface area contributed by atoms with E-state index in [1.165, 1.54) is 30.0 Å². The fourth-order valence-corrected chi connectivity index (χ4v) is 3.10. The zero-order valence-electron chi connectivity index (χ0n) is 15.5. The van der Waals surface area contributed by atoms with Gasteiger partial charge < -0.3 is 25.4 Å². The summed E-state index contributed by atoms with van der Waals surface area (Å²) in [6.45, 7) is 0.128. The second-order valence-electron chi connectivity index (χ2n) is 6.33. The molecule has 0 radical (unpaired) electrons. The van der Waals surface area contributed by atoms with Crippen molar-refractivity contribution in [3.05, 3.63) is 30.1 Å². The number of aromatic nitrogens is 3. The molecule has 1 saturated heterocycles. The number of carbonyl (C=O) groups is 2. The van der Waals surface area contributed by atoms with Gasteiger partial charge in [0.05, 0.1) is 45.2 Å². The van der Waals surface area contributed by atoms with Crippen LogP contribution in [0, 0.1) is 0 Å². The van der Waals surface area contributed by atoms with Crippen LogP contribution in [0.4, 0.5) is 14.9 Å². The monoisotopic (exact) mass is 392 g/mol. The van der Waals surface area contributed by atoms with Gasteiger partial charge in [-0.05, 0) is 12.1 Å². The average molecular weight is 392 g/mol. The summed E-state index contributed by atoms with van der Waals surface area (Å²) in [5.74, 6) is 0.281. The molecule has 0 saturated carbocycles. The van der Waals surface area contributed by atoms with Gasteiger partial charge in [0.25, 0.3) is 5.91 Å². The summed E-state index contributed by atoms with van der Waals surface area (Å²) in [4.78, 5) is 25.3. The quantitative estimate of drug-likeness (QED) is 0.757. The highest BCUT2D eigenvalue weighted by Gasteiger charge is 2.36. The molecule has 28 heavy (non-hydrogen) atoms. The molecule has 10 nitrogen and oxygen atoms in total. The number of amides is 3. The SMILES string of the molecule is COc1ccc(OC)c(NC(=O)N2CC(F)CC2Cn2cc(C(N)=O)nn2)c1. The molecule has 3 rings (SSSR count). The third-order valence-electron chi connectivity index (χ3n) is 4.46. The van der Waals surface area contributed by atoms with E-state index in [9.17, 15) is 14.0 Å². The number of methoxy groups -OCH3 is 2. The summed E-state index contributed by atoms with van der Waals surface area (Å²) < 4.78 is 25.8. The fourth-order valence-electron chi connectivity index (χ4n) is 3.10. The highest BCUT2D eigenvalue weighted by Crippen LogP contribution is 2.30. The number of hydrogen-bond donors (Lipinski definition) is 2. The van der Waals surface area contributed by atoms with Crippen molar-refractivity contribution < 1.29 is 23.5 Å². The van der Waals surface area contributed by atoms with Crippen molar-refractivity contribution in [2.45, 2.75) is 25.2 Å². The predicted octanol–water partition coefficient (Wildman–Crippen LogP) is 1.04. The highest BCUT2D eigenvalue weighted by atomic mass is 19.1. The van der Waals surface area contributed by atoms with E-state index in [0.717, 1.165) is 0 Å². The Morgan fingerprint density at radius 2 is 2.14 bits per heavy atom. The van der Waals surface area contributed by atoms with E-state index in [2.05, 4.69) is 15.6 Å². The van der Waals surface area contributed by atoms with E-state index in [1.807, 2.05) is 0 Å². The standard InChI is InChI=1S/C17H21FN6O4/c1-27-12-3-4-15(28-2)13(6-12)20-17(26)24-7-10(18)5-11(24)8-23-9-14(16(19)25)21-22-23/h3-4,6,9-11H,5,7-8H2,1-2H3,(H2,19,25)(H,20,26). The number of ether oxygens (including phenoxy) is 2. The van der Waals surface area contributed by atoms with Crippen molar-refractivity contribution in [3.63, 3.8) is 0 Å². The number of nitrogens with two attached hydrogens (primary N) is 1. The summed E-state index contributed by atoms with van der Waals surface area (Å²) in [5.41, 5.74) is 5.57. The first-order chi connectivity index (χ1) is 13.4. The third-order valence-corrected chi connectivity index (χ3v) is 4.46. The van der Waals surface area contributed by atoms with Crippen LogP contribution in [0.3, 0.4) is 0 Å². The number of anilines is 1. The molecule has 11 heteroatoms. The Morgan fingerprint density at radius 3 is 2.79 bits per heavy atom. The van der Waals surface area contributed by atoms with Gasteiger partial charge in [0.15, 0.2) is 5.69 Å². The van der Waals surface area contributed by atoms with Gasteiger partial charge in [0.2, 0.25) is 0 Å². The van der Waals surface area contributed by atoms with Crippen LogP contribution in [0.25, 0.3) is 0 Å². The van der Waals surface area contributed by atoms with E-state index in [-0.39, 0.29) is 25.2 Å². The number of benzene rings is 1. The molecule has 3 amide bonds. The first kappa shape index (κ1) is 19.4. The van der Waals surface area contributed by atoms with Gasteiger partial charge in [-0.15, -0.1) is 5.10 Å². The van der Waals surface area contributed by atoms with Crippen LogP contribution in [0.1, 0.15) is 16.9 Å². The van der Waals surface area contributed by atoms with Gasteiger partial charge in [-0.2, -0.15) is 0 Å². The number of likely N-dealkylation sites (tertiary alicyclic amines) is 1. The minimum Gasteiger partial charge on any atom is -0.497 e. The van der Waals surface area contributed by atoms with Crippen LogP contribution in [-0.2, 0) is 6.54 Å². The molecule has 2 atom stereocenters. The Kier molecular flexibility index (Phi) is 5.62. The predicted molar refractivity (Wildman–Crippen MR) is 97.1 cm³/mol. The smallest absolute Gasteiger partial charge is 0.322 e. The summed E-state index contributed by atoms with van der Waals surface area (Å²) in [7, 11) is 2.99. The molecule has 0 spiro atoms. The Bertz CT molecular complexity index is 873. The van der Waals surface area contributed by atoms with Crippen molar-refractivity contribution in [3.8, 4) is 11.5 Å². The van der Waals surface area contributed by atoms with Gasteiger partial charge in [-0.1, -0.05) is 5.21 Å². The van der Waals surface area contributed by atoms with Crippen molar-refractivity contribution in [2.75, 3.05) is 26.1 Å². The Morgan fingerprint density at radius 1 is 1.36 bits per heavy atom. The van der Waals surface area contributed by atoms with Gasteiger partial charge in [0.1, 0.15) is 17.7 Å². The second-order valence-corrected chi connectivity index (χ2v) is 6.33. The number of nitrogens with one attached hydrogen (secondary N) is 1. The lowest BCUT2D eigenvalue weighted by Crippen LogP contribution is -2.41. The van der Waals surface area contributed by atoms with Crippen LogP contribution < -0.4 is 20.5 Å². The molecule has 2 heterocycles. The molecule has 0 bridgehead atoms. The van der Waals surface area contributed by atoms with Crippen molar-refractivity contribution >= 4 is 17.6 Å². The van der Waals surface area contributed by atoms with Gasteiger partial charge in [-0.3, -0.25) is 4.79 Å². The summed E-state index contributed by atoms with van der Waals surface area (Å²) >= 11 is 0. The van der Waals surface area contributed by atoms with Gasteiger partial charge in [-0.25, -0.2) is 13.9 Å². The number of urea groups is 1. The third kappa shape index (κ3) is 4.13. The first-order valence-corrected chi connectivity index (χ1v) is 8.55. The Hall–Kier alpha value is -3.37. The molecular weight excluding hydrogens is 371 g/mol. The summed E-state index contributed by atoms with van der Waals surface area (Å²) in [6.07, 6.45) is 0.353. The number of carbonyl (C=O) groups excluding carboxylic acids is 2. The molecule has 1 fully saturated rings. The lowest BCUT2D eigenvalue weighted by Gasteiger charge is -2.25. The molecule has 1 aromatic heterocycles. The Balaban J connectivity index is 1.74. The van der Waals surface area contributed by atoms with E-state index in [1.54, 1.807) is 18.2 Å². The Labute approximate surface area is 160 Å². The largest absolute Gasteiger partial charge is 0.497 e. The summed E-state index contributed by atoms with van der Waals surface area (Å²) in [6, 6.07) is 4.03. The molecule has 2 aromatic rings. The van der Waals surface area contributed by atoms with Crippen LogP contribution in [0.5, 0.6) is 11.5 Å². The van der Waals surface area contributed by atoms with Crippen LogP contribution in [0.15, 0.2) is 24.4 Å². The lowest BCUT2D eigenvalue weighted by molar-refractivity contribution is 0.0995. The van der Waals surface area contributed by atoms with E-state index in [4.69, 9.17) is 15.2 Å². The van der Waals surface area contributed by atoms with Gasteiger partial charge >= 0.3 is 6.03 Å². The number of rotatable bonds is 6. The van der Waals surface area contributed by atoms with Crippen LogP contribution >= 0.6 is 0 Å². The molecular formula is C17H21FN6O4. The van der Waals surface area contributed by atoms with E-state index in [0.29, 0.717) is 17.2 Å².